The van der Waals surface area contributed by atoms with E-state index in [4.69, 9.17) is 0 Å². The van der Waals surface area contributed by atoms with Gasteiger partial charge in [-0.15, -0.1) is 0 Å². The van der Waals surface area contributed by atoms with E-state index in [9.17, 15) is 9.59 Å². The SMILES string of the molecule is CCCC(=O)c1cn(CC(=O)NC(C)(C)C)c2ccccc12. The van der Waals surface area contributed by atoms with Crippen LogP contribution in [0, 0.1) is 0 Å². The lowest BCUT2D eigenvalue weighted by molar-refractivity contribution is -0.123. The van der Waals surface area contributed by atoms with E-state index in [1.807, 2.05) is 62.7 Å². The van der Waals surface area contributed by atoms with Crippen molar-refractivity contribution in [2.75, 3.05) is 0 Å². The van der Waals surface area contributed by atoms with Crippen molar-refractivity contribution < 1.29 is 9.59 Å². The number of amides is 1. The summed E-state index contributed by atoms with van der Waals surface area (Å²) in [6, 6.07) is 7.73. The summed E-state index contributed by atoms with van der Waals surface area (Å²) in [7, 11) is 0. The second kappa shape index (κ2) is 6.34. The molecule has 0 radical (unpaired) electrons. The maximum atomic E-state index is 12.3. The standard InChI is InChI=1S/C18H24N2O2/c1-5-8-16(21)14-11-20(12-17(22)19-18(2,3)4)15-10-7-6-9-13(14)15/h6-7,9-11H,5,8,12H2,1-4H3,(H,19,22). The first-order valence-electron chi connectivity index (χ1n) is 7.74. The minimum Gasteiger partial charge on any atom is -0.350 e. The Hall–Kier alpha value is -2.10. The van der Waals surface area contributed by atoms with Crippen molar-refractivity contribution in [3.05, 3.63) is 36.0 Å². The van der Waals surface area contributed by atoms with Crippen molar-refractivity contribution in [2.24, 2.45) is 0 Å². The highest BCUT2D eigenvalue weighted by Gasteiger charge is 2.18. The van der Waals surface area contributed by atoms with Crippen LogP contribution in [0.4, 0.5) is 0 Å². The van der Waals surface area contributed by atoms with E-state index >= 15 is 0 Å². The smallest absolute Gasteiger partial charge is 0.240 e. The molecule has 0 aliphatic heterocycles. The Morgan fingerprint density at radius 3 is 2.50 bits per heavy atom. The lowest BCUT2D eigenvalue weighted by atomic mass is 10.1. The van der Waals surface area contributed by atoms with Gasteiger partial charge in [0.1, 0.15) is 6.54 Å². The molecule has 2 rings (SSSR count). The molecular weight excluding hydrogens is 276 g/mol. The molecule has 0 atom stereocenters. The van der Waals surface area contributed by atoms with E-state index in [-0.39, 0.29) is 23.8 Å². The third-order valence-electron chi connectivity index (χ3n) is 3.39. The third-order valence-corrected chi connectivity index (χ3v) is 3.39. The van der Waals surface area contributed by atoms with E-state index in [1.165, 1.54) is 0 Å². The van der Waals surface area contributed by atoms with Gasteiger partial charge in [-0.25, -0.2) is 0 Å². The fraction of sp³-hybridized carbons (Fsp3) is 0.444. The molecule has 22 heavy (non-hydrogen) atoms. The van der Waals surface area contributed by atoms with Crippen LogP contribution in [0.2, 0.25) is 0 Å². The largest absolute Gasteiger partial charge is 0.350 e. The number of hydrogen-bond donors (Lipinski definition) is 1. The normalized spacial score (nSPS) is 11.6. The number of benzene rings is 1. The Morgan fingerprint density at radius 1 is 1.18 bits per heavy atom. The topological polar surface area (TPSA) is 51.1 Å². The van der Waals surface area contributed by atoms with Gasteiger partial charge in [-0.2, -0.15) is 0 Å². The second-order valence-electron chi connectivity index (χ2n) is 6.66. The molecule has 0 aliphatic carbocycles. The quantitative estimate of drug-likeness (QED) is 0.859. The van der Waals surface area contributed by atoms with E-state index < -0.39 is 0 Å². The molecule has 4 nitrogen and oxygen atoms in total. The number of rotatable bonds is 5. The molecule has 0 spiro atoms. The number of carbonyl (C=O) groups excluding carboxylic acids is 2. The van der Waals surface area contributed by atoms with Crippen molar-refractivity contribution in [3.8, 4) is 0 Å². The summed E-state index contributed by atoms with van der Waals surface area (Å²) in [6.07, 6.45) is 3.16. The minimum absolute atomic E-state index is 0.0530. The first-order valence-corrected chi connectivity index (χ1v) is 7.74. The molecule has 1 aromatic carbocycles. The number of aromatic nitrogens is 1. The fourth-order valence-corrected chi connectivity index (χ4v) is 2.57. The van der Waals surface area contributed by atoms with Crippen molar-refractivity contribution in [1.82, 2.24) is 9.88 Å². The van der Waals surface area contributed by atoms with Gasteiger partial charge in [0.2, 0.25) is 5.91 Å². The van der Waals surface area contributed by atoms with Gasteiger partial charge in [-0.1, -0.05) is 25.1 Å². The van der Waals surface area contributed by atoms with Crippen LogP contribution in [0.1, 0.15) is 50.9 Å². The minimum atomic E-state index is -0.263. The lowest BCUT2D eigenvalue weighted by Gasteiger charge is -2.20. The number of hydrogen-bond acceptors (Lipinski definition) is 2. The van der Waals surface area contributed by atoms with Gasteiger partial charge in [0, 0.05) is 34.6 Å². The van der Waals surface area contributed by atoms with E-state index in [0.717, 1.165) is 17.3 Å². The second-order valence-corrected chi connectivity index (χ2v) is 6.66. The zero-order valence-electron chi connectivity index (χ0n) is 13.8. The molecule has 1 heterocycles. The van der Waals surface area contributed by atoms with Crippen molar-refractivity contribution >= 4 is 22.6 Å². The van der Waals surface area contributed by atoms with Gasteiger partial charge in [-0.3, -0.25) is 9.59 Å². The zero-order chi connectivity index (χ0) is 16.3. The Balaban J connectivity index is 2.34. The van der Waals surface area contributed by atoms with Crippen LogP contribution in [-0.2, 0) is 11.3 Å². The van der Waals surface area contributed by atoms with E-state index in [2.05, 4.69) is 5.32 Å². The average molecular weight is 300 g/mol. The van der Waals surface area contributed by atoms with Gasteiger partial charge in [0.25, 0.3) is 0 Å². The summed E-state index contributed by atoms with van der Waals surface area (Å²) >= 11 is 0. The Labute approximate surface area is 131 Å². The highest BCUT2D eigenvalue weighted by molar-refractivity contribution is 6.08. The molecule has 4 heteroatoms. The molecule has 2 aromatic rings. The van der Waals surface area contributed by atoms with Crippen molar-refractivity contribution in [3.63, 3.8) is 0 Å². The zero-order valence-corrected chi connectivity index (χ0v) is 13.8. The Morgan fingerprint density at radius 2 is 1.86 bits per heavy atom. The van der Waals surface area contributed by atoms with Crippen LogP contribution in [0.3, 0.4) is 0 Å². The molecule has 1 aromatic heterocycles. The van der Waals surface area contributed by atoms with Gasteiger partial charge in [0.15, 0.2) is 5.78 Å². The average Bonchev–Trinajstić information content (AvgIpc) is 2.76. The first-order chi connectivity index (χ1) is 10.3. The number of fused-ring (bicyclic) bond motifs is 1. The lowest BCUT2D eigenvalue weighted by Crippen LogP contribution is -2.42. The monoisotopic (exact) mass is 300 g/mol. The summed E-state index contributed by atoms with van der Waals surface area (Å²) in [6.45, 7) is 8.07. The van der Waals surface area contributed by atoms with Gasteiger partial charge in [-0.05, 0) is 33.3 Å². The number of Topliss-reactive ketones (excluding diaryl/α,β-unsaturated/α-hetero) is 1. The first kappa shape index (κ1) is 16.3. The highest BCUT2D eigenvalue weighted by Crippen LogP contribution is 2.23. The fourth-order valence-electron chi connectivity index (χ4n) is 2.57. The molecule has 1 N–H and O–H groups in total. The van der Waals surface area contributed by atoms with Gasteiger partial charge < -0.3 is 9.88 Å². The molecule has 0 fully saturated rings. The summed E-state index contributed by atoms with van der Waals surface area (Å²) in [5, 5.41) is 3.87. The Kier molecular flexibility index (Phi) is 4.69. The van der Waals surface area contributed by atoms with E-state index in [1.54, 1.807) is 0 Å². The van der Waals surface area contributed by atoms with E-state index in [0.29, 0.717) is 12.0 Å². The molecule has 0 bridgehead atoms. The molecular formula is C18H24N2O2. The van der Waals surface area contributed by atoms with Crippen LogP contribution in [0.5, 0.6) is 0 Å². The van der Waals surface area contributed by atoms with Crippen molar-refractivity contribution in [1.29, 1.82) is 0 Å². The van der Waals surface area contributed by atoms with Crippen LogP contribution < -0.4 is 5.32 Å². The molecule has 0 unspecified atom stereocenters. The highest BCUT2D eigenvalue weighted by atomic mass is 16.2. The summed E-state index contributed by atoms with van der Waals surface area (Å²) in [5.74, 6) is 0.0800. The van der Waals surface area contributed by atoms with Crippen LogP contribution in [0.15, 0.2) is 30.5 Å². The molecule has 1 amide bonds. The molecule has 0 saturated heterocycles. The summed E-state index contributed by atoms with van der Waals surface area (Å²) in [4.78, 5) is 24.4. The van der Waals surface area contributed by atoms with Gasteiger partial charge >= 0.3 is 0 Å². The molecule has 0 aliphatic rings. The van der Waals surface area contributed by atoms with Crippen LogP contribution in [0.25, 0.3) is 10.9 Å². The summed E-state index contributed by atoms with van der Waals surface area (Å²) in [5.41, 5.74) is 1.37. The van der Waals surface area contributed by atoms with Crippen LogP contribution >= 0.6 is 0 Å². The maximum Gasteiger partial charge on any atom is 0.240 e. The summed E-state index contributed by atoms with van der Waals surface area (Å²) < 4.78 is 1.86. The maximum absolute atomic E-state index is 12.3. The number of ketones is 1. The van der Waals surface area contributed by atoms with Crippen molar-refractivity contribution in [2.45, 2.75) is 52.6 Å². The Bertz CT molecular complexity index is 693. The van der Waals surface area contributed by atoms with Gasteiger partial charge in [0.05, 0.1) is 0 Å². The number of nitrogens with zero attached hydrogens (tertiary/aromatic N) is 1. The van der Waals surface area contributed by atoms with Crippen LogP contribution in [-0.4, -0.2) is 21.8 Å². The third kappa shape index (κ3) is 3.75. The predicted molar refractivity (Wildman–Crippen MR) is 89.1 cm³/mol. The number of carbonyl (C=O) groups is 2. The number of para-hydroxylation sites is 1. The molecule has 0 saturated carbocycles. The predicted octanol–water partition coefficient (Wildman–Crippen LogP) is 3.54. The number of nitrogens with one attached hydrogen (secondary N) is 1. The molecule has 118 valence electrons.